The standard InChI is InChI=1S/C23H28BrNO4/c1-5-28-10-11-29-22(27)19-14(2)25-17-12-23(3,4)13-18(26)21(17)20(19)15-6-8-16(24)9-7-15/h6-9,20,25H,5,10-13H2,1-4H3. The molecule has 156 valence electrons. The van der Waals surface area contributed by atoms with E-state index >= 15 is 0 Å². The molecule has 1 aliphatic carbocycles. The van der Waals surface area contributed by atoms with E-state index in [1.807, 2.05) is 38.1 Å². The number of hydrogen-bond acceptors (Lipinski definition) is 5. The third-order valence-electron chi connectivity index (χ3n) is 5.33. The lowest BCUT2D eigenvalue weighted by molar-refractivity contribution is -0.140. The van der Waals surface area contributed by atoms with Crippen molar-refractivity contribution in [1.82, 2.24) is 5.32 Å². The van der Waals surface area contributed by atoms with Crippen LogP contribution < -0.4 is 5.32 Å². The van der Waals surface area contributed by atoms with Gasteiger partial charge in [0, 0.05) is 40.4 Å². The summed E-state index contributed by atoms with van der Waals surface area (Å²) in [5.74, 6) is -0.752. The van der Waals surface area contributed by atoms with Gasteiger partial charge in [-0.05, 0) is 43.4 Å². The Hall–Kier alpha value is -1.92. The molecule has 29 heavy (non-hydrogen) atoms. The summed E-state index contributed by atoms with van der Waals surface area (Å²) in [4.78, 5) is 26.2. The van der Waals surface area contributed by atoms with Gasteiger partial charge in [0.1, 0.15) is 6.61 Å². The van der Waals surface area contributed by atoms with Crippen LogP contribution in [0.25, 0.3) is 0 Å². The molecule has 0 saturated carbocycles. The van der Waals surface area contributed by atoms with E-state index in [2.05, 4.69) is 35.1 Å². The molecule has 2 aliphatic rings. The third-order valence-corrected chi connectivity index (χ3v) is 5.86. The first-order valence-corrected chi connectivity index (χ1v) is 10.8. The van der Waals surface area contributed by atoms with Gasteiger partial charge in [-0.1, -0.05) is 41.9 Å². The average Bonchev–Trinajstić information content (AvgIpc) is 2.63. The van der Waals surface area contributed by atoms with Crippen LogP contribution in [0.4, 0.5) is 0 Å². The van der Waals surface area contributed by atoms with E-state index in [9.17, 15) is 9.59 Å². The predicted molar refractivity (Wildman–Crippen MR) is 115 cm³/mol. The van der Waals surface area contributed by atoms with E-state index in [0.29, 0.717) is 30.8 Å². The molecule has 1 atom stereocenters. The van der Waals surface area contributed by atoms with E-state index in [4.69, 9.17) is 9.47 Å². The van der Waals surface area contributed by atoms with E-state index in [1.165, 1.54) is 0 Å². The van der Waals surface area contributed by atoms with Gasteiger partial charge in [-0.2, -0.15) is 0 Å². The van der Waals surface area contributed by atoms with Crippen LogP contribution in [0.15, 0.2) is 51.3 Å². The van der Waals surface area contributed by atoms with E-state index in [1.54, 1.807) is 0 Å². The van der Waals surface area contributed by atoms with Gasteiger partial charge in [0.2, 0.25) is 0 Å². The van der Waals surface area contributed by atoms with Gasteiger partial charge in [0.05, 0.1) is 12.2 Å². The molecular weight excluding hydrogens is 434 g/mol. The van der Waals surface area contributed by atoms with Crippen LogP contribution in [-0.2, 0) is 19.1 Å². The number of benzene rings is 1. The highest BCUT2D eigenvalue weighted by molar-refractivity contribution is 9.10. The maximum absolute atomic E-state index is 13.2. The molecule has 0 bridgehead atoms. The predicted octanol–water partition coefficient (Wildman–Crippen LogP) is 4.63. The number of ether oxygens (including phenoxy) is 2. The summed E-state index contributed by atoms with van der Waals surface area (Å²) in [6.45, 7) is 9.08. The van der Waals surface area contributed by atoms with Gasteiger partial charge in [-0.3, -0.25) is 4.79 Å². The Labute approximate surface area is 180 Å². The lowest BCUT2D eigenvalue weighted by Gasteiger charge is -2.39. The zero-order valence-corrected chi connectivity index (χ0v) is 19.0. The quantitative estimate of drug-likeness (QED) is 0.493. The van der Waals surface area contributed by atoms with Crippen molar-refractivity contribution in [2.45, 2.75) is 46.5 Å². The van der Waals surface area contributed by atoms with Crippen molar-refractivity contribution < 1.29 is 19.1 Å². The molecule has 1 aromatic carbocycles. The number of carbonyl (C=O) groups excluding carboxylic acids is 2. The minimum Gasteiger partial charge on any atom is -0.460 e. The SMILES string of the molecule is CCOCCOC(=O)C1=C(C)NC2=C(C(=O)CC(C)(C)C2)C1c1ccc(Br)cc1. The molecule has 6 heteroatoms. The van der Waals surface area contributed by atoms with Crippen LogP contribution in [0.1, 0.15) is 52.0 Å². The molecule has 1 aliphatic heterocycles. The topological polar surface area (TPSA) is 64.6 Å². The molecule has 1 unspecified atom stereocenters. The number of Topliss-reactive ketones (excluding diaryl/α,β-unsaturated/α-hetero) is 1. The first-order chi connectivity index (χ1) is 13.7. The van der Waals surface area contributed by atoms with Gasteiger partial charge >= 0.3 is 5.97 Å². The van der Waals surface area contributed by atoms with Crippen LogP contribution in [0.5, 0.6) is 0 Å². The van der Waals surface area contributed by atoms with Crippen LogP contribution in [-0.4, -0.2) is 31.6 Å². The monoisotopic (exact) mass is 461 g/mol. The fraction of sp³-hybridized carbons (Fsp3) is 0.478. The highest BCUT2D eigenvalue weighted by Crippen LogP contribution is 2.46. The summed E-state index contributed by atoms with van der Waals surface area (Å²) in [5, 5.41) is 3.35. The summed E-state index contributed by atoms with van der Waals surface area (Å²) < 4.78 is 11.7. The number of rotatable bonds is 6. The number of halogens is 1. The van der Waals surface area contributed by atoms with E-state index in [-0.39, 0.29) is 17.8 Å². The Morgan fingerprint density at radius 1 is 1.21 bits per heavy atom. The average molecular weight is 462 g/mol. The first kappa shape index (κ1) is 21.8. The number of hydrogen-bond donors (Lipinski definition) is 1. The fourth-order valence-electron chi connectivity index (χ4n) is 4.11. The summed E-state index contributed by atoms with van der Waals surface area (Å²) in [6.07, 6.45) is 1.23. The van der Waals surface area contributed by atoms with Crippen LogP contribution in [0.3, 0.4) is 0 Å². The van der Waals surface area contributed by atoms with Gasteiger partial charge in [-0.25, -0.2) is 4.79 Å². The molecule has 1 heterocycles. The summed E-state index contributed by atoms with van der Waals surface area (Å²) in [6, 6.07) is 7.78. The molecule has 5 nitrogen and oxygen atoms in total. The number of dihydropyridines is 1. The van der Waals surface area contributed by atoms with Crippen LogP contribution in [0, 0.1) is 5.41 Å². The summed E-state index contributed by atoms with van der Waals surface area (Å²) in [7, 11) is 0. The maximum atomic E-state index is 13.2. The van der Waals surface area contributed by atoms with Crippen molar-refractivity contribution in [3.63, 3.8) is 0 Å². The molecule has 0 fully saturated rings. The Balaban J connectivity index is 2.01. The number of carbonyl (C=O) groups is 2. The zero-order chi connectivity index (χ0) is 21.2. The molecule has 3 rings (SSSR count). The maximum Gasteiger partial charge on any atom is 0.336 e. The largest absolute Gasteiger partial charge is 0.460 e. The second kappa shape index (κ2) is 8.84. The van der Waals surface area contributed by atoms with Gasteiger partial charge in [0.15, 0.2) is 5.78 Å². The smallest absolute Gasteiger partial charge is 0.336 e. The number of esters is 1. The number of nitrogens with one attached hydrogen (secondary N) is 1. The zero-order valence-electron chi connectivity index (χ0n) is 17.4. The molecular formula is C23H28BrNO4. The fourth-order valence-corrected chi connectivity index (χ4v) is 4.37. The molecule has 0 aromatic heterocycles. The molecule has 1 N–H and O–H groups in total. The van der Waals surface area contributed by atoms with Crippen molar-refractivity contribution in [3.8, 4) is 0 Å². The Morgan fingerprint density at radius 3 is 2.55 bits per heavy atom. The molecule has 0 amide bonds. The third kappa shape index (κ3) is 4.81. The number of ketones is 1. The van der Waals surface area contributed by atoms with Crippen molar-refractivity contribution >= 4 is 27.7 Å². The van der Waals surface area contributed by atoms with Crippen molar-refractivity contribution in [1.29, 1.82) is 0 Å². The molecule has 0 radical (unpaired) electrons. The summed E-state index contributed by atoms with van der Waals surface area (Å²) in [5.41, 5.74) is 3.64. The van der Waals surface area contributed by atoms with Gasteiger partial charge in [-0.15, -0.1) is 0 Å². The molecule has 0 saturated heterocycles. The normalized spacial score (nSPS) is 21.0. The Kier molecular flexibility index (Phi) is 6.64. The second-order valence-corrected chi connectivity index (χ2v) is 9.23. The van der Waals surface area contributed by atoms with Crippen molar-refractivity contribution in [2.24, 2.45) is 5.41 Å². The van der Waals surface area contributed by atoms with Crippen molar-refractivity contribution in [2.75, 3.05) is 19.8 Å². The van der Waals surface area contributed by atoms with Crippen LogP contribution in [0.2, 0.25) is 0 Å². The van der Waals surface area contributed by atoms with E-state index in [0.717, 1.165) is 27.9 Å². The highest BCUT2D eigenvalue weighted by atomic mass is 79.9. The molecule has 0 spiro atoms. The lowest BCUT2D eigenvalue weighted by Crippen LogP contribution is -2.38. The Morgan fingerprint density at radius 2 is 1.90 bits per heavy atom. The molecule has 1 aromatic rings. The van der Waals surface area contributed by atoms with E-state index < -0.39 is 11.9 Å². The van der Waals surface area contributed by atoms with Crippen LogP contribution >= 0.6 is 15.9 Å². The highest BCUT2D eigenvalue weighted by Gasteiger charge is 2.43. The Bertz CT molecular complexity index is 867. The van der Waals surface area contributed by atoms with Gasteiger partial charge in [0.25, 0.3) is 0 Å². The summed E-state index contributed by atoms with van der Waals surface area (Å²) >= 11 is 3.46. The number of allylic oxidation sites excluding steroid dienone is 3. The van der Waals surface area contributed by atoms with Crippen molar-refractivity contribution in [3.05, 3.63) is 56.8 Å². The first-order valence-electron chi connectivity index (χ1n) is 9.98. The minimum atomic E-state index is -0.428. The lowest BCUT2D eigenvalue weighted by atomic mass is 9.68. The second-order valence-electron chi connectivity index (χ2n) is 8.31. The minimum absolute atomic E-state index is 0.0868. The van der Waals surface area contributed by atoms with Gasteiger partial charge < -0.3 is 14.8 Å².